The molecule has 1 atom stereocenters. The van der Waals surface area contributed by atoms with Gasteiger partial charge >= 0.3 is 0 Å². The SMILES string of the molecule is CCC(C)c1ccc(OCC(=O)Nc2cccc(S(=O)(=O)N(C)C)c2)cc1. The van der Waals surface area contributed by atoms with Gasteiger partial charge in [-0.3, -0.25) is 4.79 Å². The van der Waals surface area contributed by atoms with Gasteiger partial charge in [0.25, 0.3) is 5.91 Å². The van der Waals surface area contributed by atoms with Crippen LogP contribution >= 0.6 is 0 Å². The van der Waals surface area contributed by atoms with E-state index in [0.717, 1.165) is 10.7 Å². The summed E-state index contributed by atoms with van der Waals surface area (Å²) in [6, 6.07) is 13.8. The molecule has 2 aromatic rings. The number of amides is 1. The Bertz CT molecular complexity index is 877. The highest BCUT2D eigenvalue weighted by Crippen LogP contribution is 2.22. The molecule has 7 heteroatoms. The van der Waals surface area contributed by atoms with Crippen LogP contribution < -0.4 is 10.1 Å². The minimum atomic E-state index is -3.55. The summed E-state index contributed by atoms with van der Waals surface area (Å²) in [7, 11) is -0.635. The minimum absolute atomic E-state index is 0.117. The van der Waals surface area contributed by atoms with E-state index < -0.39 is 10.0 Å². The van der Waals surface area contributed by atoms with Crippen LogP contribution in [0, 0.1) is 0 Å². The lowest BCUT2D eigenvalue weighted by molar-refractivity contribution is -0.118. The first kappa shape index (κ1) is 20.9. The standard InChI is InChI=1S/C20H26N2O4S/c1-5-15(2)16-9-11-18(12-10-16)26-14-20(23)21-17-7-6-8-19(13-17)27(24,25)22(3)4/h6-13,15H,5,14H2,1-4H3,(H,21,23). The smallest absolute Gasteiger partial charge is 0.262 e. The fourth-order valence-electron chi connectivity index (χ4n) is 2.42. The summed E-state index contributed by atoms with van der Waals surface area (Å²) in [6.45, 7) is 4.14. The van der Waals surface area contributed by atoms with Crippen LogP contribution in [-0.4, -0.2) is 39.3 Å². The van der Waals surface area contributed by atoms with Crippen molar-refractivity contribution in [3.05, 3.63) is 54.1 Å². The molecular weight excluding hydrogens is 364 g/mol. The molecule has 0 spiro atoms. The average Bonchev–Trinajstić information content (AvgIpc) is 2.66. The molecule has 0 radical (unpaired) electrons. The molecule has 0 saturated heterocycles. The van der Waals surface area contributed by atoms with Crippen molar-refractivity contribution in [2.75, 3.05) is 26.0 Å². The van der Waals surface area contributed by atoms with Crippen LogP contribution in [0.2, 0.25) is 0 Å². The number of carbonyl (C=O) groups is 1. The monoisotopic (exact) mass is 390 g/mol. The Balaban J connectivity index is 1.96. The second-order valence-corrected chi connectivity index (χ2v) is 8.68. The summed E-state index contributed by atoms with van der Waals surface area (Å²) in [4.78, 5) is 12.2. The molecule has 2 rings (SSSR count). The molecule has 1 unspecified atom stereocenters. The highest BCUT2D eigenvalue weighted by molar-refractivity contribution is 7.89. The Morgan fingerprint density at radius 1 is 1.15 bits per heavy atom. The van der Waals surface area contributed by atoms with Gasteiger partial charge in [0.15, 0.2) is 6.61 Å². The zero-order valence-corrected chi connectivity index (χ0v) is 16.9. The minimum Gasteiger partial charge on any atom is -0.484 e. The van der Waals surface area contributed by atoms with Crippen LogP contribution in [0.3, 0.4) is 0 Å². The fourth-order valence-corrected chi connectivity index (χ4v) is 3.37. The van der Waals surface area contributed by atoms with Crippen molar-refractivity contribution in [3.63, 3.8) is 0 Å². The maximum absolute atomic E-state index is 12.2. The molecule has 1 amide bonds. The van der Waals surface area contributed by atoms with E-state index in [9.17, 15) is 13.2 Å². The van der Waals surface area contributed by atoms with Crippen LogP contribution in [0.4, 0.5) is 5.69 Å². The molecule has 0 aliphatic carbocycles. The van der Waals surface area contributed by atoms with E-state index in [2.05, 4.69) is 19.2 Å². The predicted molar refractivity (Wildman–Crippen MR) is 107 cm³/mol. The normalized spacial score (nSPS) is 12.6. The lowest BCUT2D eigenvalue weighted by Crippen LogP contribution is -2.23. The Kier molecular flexibility index (Phi) is 6.98. The second kappa shape index (κ2) is 9.01. The summed E-state index contributed by atoms with van der Waals surface area (Å²) < 4.78 is 31.0. The van der Waals surface area contributed by atoms with E-state index in [-0.39, 0.29) is 17.4 Å². The number of anilines is 1. The molecule has 1 N–H and O–H groups in total. The number of ether oxygens (including phenoxy) is 1. The fraction of sp³-hybridized carbons (Fsp3) is 0.350. The number of carbonyl (C=O) groups excluding carboxylic acids is 1. The van der Waals surface area contributed by atoms with Gasteiger partial charge in [-0.2, -0.15) is 0 Å². The Hall–Kier alpha value is -2.38. The molecule has 2 aromatic carbocycles. The lowest BCUT2D eigenvalue weighted by Gasteiger charge is -2.13. The predicted octanol–water partition coefficient (Wildman–Crippen LogP) is 3.47. The van der Waals surface area contributed by atoms with Crippen molar-refractivity contribution in [1.29, 1.82) is 0 Å². The molecule has 0 heterocycles. The highest BCUT2D eigenvalue weighted by atomic mass is 32.2. The summed E-state index contributed by atoms with van der Waals surface area (Å²) in [6.07, 6.45) is 1.06. The van der Waals surface area contributed by atoms with E-state index in [4.69, 9.17) is 4.74 Å². The van der Waals surface area contributed by atoms with Crippen molar-refractivity contribution in [1.82, 2.24) is 4.31 Å². The molecule has 0 aliphatic heterocycles. The summed E-state index contributed by atoms with van der Waals surface area (Å²) in [5, 5.41) is 2.66. The van der Waals surface area contributed by atoms with Gasteiger partial charge in [-0.1, -0.05) is 32.0 Å². The zero-order valence-electron chi connectivity index (χ0n) is 16.1. The quantitative estimate of drug-likeness (QED) is 0.749. The molecule has 6 nitrogen and oxygen atoms in total. The van der Waals surface area contributed by atoms with Crippen molar-refractivity contribution >= 4 is 21.6 Å². The van der Waals surface area contributed by atoms with Gasteiger partial charge in [0.1, 0.15) is 5.75 Å². The van der Waals surface area contributed by atoms with Gasteiger partial charge in [0, 0.05) is 19.8 Å². The van der Waals surface area contributed by atoms with Crippen molar-refractivity contribution in [2.45, 2.75) is 31.1 Å². The van der Waals surface area contributed by atoms with Gasteiger partial charge < -0.3 is 10.1 Å². The number of sulfonamides is 1. The van der Waals surface area contributed by atoms with E-state index in [1.54, 1.807) is 12.1 Å². The molecule has 0 bridgehead atoms. The lowest BCUT2D eigenvalue weighted by atomic mass is 9.99. The van der Waals surface area contributed by atoms with Crippen LogP contribution in [0.15, 0.2) is 53.4 Å². The van der Waals surface area contributed by atoms with E-state index in [1.807, 2.05) is 24.3 Å². The van der Waals surface area contributed by atoms with Crippen molar-refractivity contribution < 1.29 is 17.9 Å². The van der Waals surface area contributed by atoms with Crippen molar-refractivity contribution in [2.24, 2.45) is 0 Å². The first-order valence-electron chi connectivity index (χ1n) is 8.79. The first-order chi connectivity index (χ1) is 12.7. The number of hydrogen-bond donors (Lipinski definition) is 1. The zero-order chi connectivity index (χ0) is 20.0. The average molecular weight is 391 g/mol. The molecule has 0 fully saturated rings. The third-order valence-electron chi connectivity index (χ3n) is 4.33. The molecule has 27 heavy (non-hydrogen) atoms. The molecule has 0 saturated carbocycles. The third kappa shape index (κ3) is 5.55. The maximum Gasteiger partial charge on any atom is 0.262 e. The topological polar surface area (TPSA) is 75.7 Å². The van der Waals surface area contributed by atoms with Crippen LogP contribution in [0.25, 0.3) is 0 Å². The van der Waals surface area contributed by atoms with Gasteiger partial charge in [-0.05, 0) is 48.2 Å². The highest BCUT2D eigenvalue weighted by Gasteiger charge is 2.17. The Morgan fingerprint density at radius 2 is 1.81 bits per heavy atom. The second-order valence-electron chi connectivity index (χ2n) is 6.53. The first-order valence-corrected chi connectivity index (χ1v) is 10.2. The maximum atomic E-state index is 12.2. The van der Waals surface area contributed by atoms with Gasteiger partial charge in [0.2, 0.25) is 10.0 Å². The largest absolute Gasteiger partial charge is 0.484 e. The molecule has 146 valence electrons. The van der Waals surface area contributed by atoms with Gasteiger partial charge in [-0.15, -0.1) is 0 Å². The number of nitrogens with one attached hydrogen (secondary N) is 1. The third-order valence-corrected chi connectivity index (χ3v) is 6.14. The van der Waals surface area contributed by atoms with Crippen LogP contribution in [0.1, 0.15) is 31.7 Å². The molecule has 0 aromatic heterocycles. The number of nitrogens with zero attached hydrogens (tertiary/aromatic N) is 1. The van der Waals surface area contributed by atoms with Crippen LogP contribution in [-0.2, 0) is 14.8 Å². The summed E-state index contributed by atoms with van der Waals surface area (Å²) >= 11 is 0. The van der Waals surface area contributed by atoms with Gasteiger partial charge in [0.05, 0.1) is 4.90 Å². The Labute approximate surface area is 161 Å². The van der Waals surface area contributed by atoms with Crippen LogP contribution in [0.5, 0.6) is 5.75 Å². The number of rotatable bonds is 8. The summed E-state index contributed by atoms with van der Waals surface area (Å²) in [5.74, 6) is 0.731. The number of hydrogen-bond acceptors (Lipinski definition) is 4. The molecular formula is C20H26N2O4S. The van der Waals surface area contributed by atoms with E-state index >= 15 is 0 Å². The van der Waals surface area contributed by atoms with Gasteiger partial charge in [-0.25, -0.2) is 12.7 Å². The van der Waals surface area contributed by atoms with Crippen molar-refractivity contribution in [3.8, 4) is 5.75 Å². The summed E-state index contributed by atoms with van der Waals surface area (Å²) in [5.41, 5.74) is 1.63. The van der Waals surface area contributed by atoms with E-state index in [1.165, 1.54) is 31.8 Å². The molecule has 0 aliphatic rings. The van der Waals surface area contributed by atoms with E-state index in [0.29, 0.717) is 17.4 Å². The number of benzene rings is 2. The Morgan fingerprint density at radius 3 is 2.41 bits per heavy atom.